The molecule has 11 nitrogen and oxygen atoms in total. The van der Waals surface area contributed by atoms with E-state index < -0.39 is 55.8 Å². The van der Waals surface area contributed by atoms with Gasteiger partial charge in [-0.05, 0) is 105 Å². The maximum atomic E-state index is 14.2. The van der Waals surface area contributed by atoms with Crippen LogP contribution in [0.3, 0.4) is 0 Å². The highest BCUT2D eigenvalue weighted by molar-refractivity contribution is 6.99. The predicted molar refractivity (Wildman–Crippen MR) is 238 cm³/mol. The molecule has 2 heterocycles. The van der Waals surface area contributed by atoms with E-state index in [1.165, 1.54) is 0 Å². The molecule has 5 atom stereocenters. The fraction of sp³-hybridized carbons (Fsp3) is 0.479. The van der Waals surface area contributed by atoms with Gasteiger partial charge in [-0.25, -0.2) is 0 Å². The molecule has 2 aliphatic heterocycles. The molecule has 322 valence electrons. The molecule has 0 bridgehead atoms. The largest absolute Gasteiger partial charge is 0.491 e. The normalized spacial score (nSPS) is 22.4. The zero-order valence-electron chi connectivity index (χ0n) is 36.6. The molecule has 0 spiro atoms. The Hall–Kier alpha value is -5.07. The van der Waals surface area contributed by atoms with Crippen LogP contribution in [0, 0.1) is 0 Å². The van der Waals surface area contributed by atoms with Gasteiger partial charge < -0.3 is 30.0 Å². The van der Waals surface area contributed by atoms with Crippen molar-refractivity contribution in [3.05, 3.63) is 103 Å². The first-order valence-corrected chi connectivity index (χ1v) is 23.4. The first kappa shape index (κ1) is 46.0. The van der Waals surface area contributed by atoms with E-state index in [2.05, 4.69) is 61.0 Å². The summed E-state index contributed by atoms with van der Waals surface area (Å²) in [6, 6.07) is 25.1. The van der Waals surface area contributed by atoms with Gasteiger partial charge in [0.05, 0.1) is 6.10 Å². The van der Waals surface area contributed by atoms with Gasteiger partial charge in [0.1, 0.15) is 35.5 Å². The summed E-state index contributed by atoms with van der Waals surface area (Å²) in [6.45, 7) is 16.0. The third-order valence-electron chi connectivity index (χ3n) is 11.7. The molecule has 5 rings (SSSR count). The molecule has 0 unspecified atom stereocenters. The van der Waals surface area contributed by atoms with Crippen LogP contribution in [0.4, 0.5) is 0 Å². The Bertz CT molecular complexity index is 1940. The van der Waals surface area contributed by atoms with Gasteiger partial charge >= 0.3 is 0 Å². The van der Waals surface area contributed by atoms with Crippen LogP contribution >= 0.6 is 0 Å². The van der Waals surface area contributed by atoms with Crippen LogP contribution in [0.2, 0.25) is 5.04 Å². The van der Waals surface area contributed by atoms with Gasteiger partial charge in [0.15, 0.2) is 5.78 Å². The van der Waals surface area contributed by atoms with Crippen LogP contribution < -0.4 is 31.1 Å². The number of allylic oxidation sites excluding steroid dienone is 1. The molecule has 0 radical (unpaired) electrons. The first-order chi connectivity index (χ1) is 28.5. The Balaban J connectivity index is 1.28. The molecule has 12 heteroatoms. The molecule has 2 fully saturated rings. The minimum atomic E-state index is -2.95. The molecule has 60 heavy (non-hydrogen) atoms. The number of nitrogens with one attached hydrogen (secondary N) is 3. The van der Waals surface area contributed by atoms with E-state index in [0.717, 1.165) is 15.9 Å². The van der Waals surface area contributed by atoms with E-state index in [-0.39, 0.29) is 42.1 Å². The molecule has 2 aliphatic rings. The molecule has 0 saturated carbocycles. The molecule has 0 aromatic heterocycles. The van der Waals surface area contributed by atoms with E-state index in [9.17, 15) is 24.0 Å². The topological polar surface area (TPSA) is 143 Å². The van der Waals surface area contributed by atoms with Gasteiger partial charge in [0.2, 0.25) is 23.6 Å². The molecule has 2 saturated heterocycles. The lowest BCUT2D eigenvalue weighted by Crippen LogP contribution is -2.68. The average Bonchev–Trinajstić information content (AvgIpc) is 3.72. The number of carbonyl (C=O) groups is 5. The number of hydrogen-bond donors (Lipinski definition) is 3. The molecule has 3 N–H and O–H groups in total. The van der Waals surface area contributed by atoms with Gasteiger partial charge in [-0.1, -0.05) is 107 Å². The summed E-state index contributed by atoms with van der Waals surface area (Å²) in [5, 5.41) is 10.7. The van der Waals surface area contributed by atoms with Crippen molar-refractivity contribution in [1.82, 2.24) is 20.9 Å². The Labute approximate surface area is 357 Å². The van der Waals surface area contributed by atoms with E-state index in [4.69, 9.17) is 9.16 Å². The maximum absolute atomic E-state index is 14.2. The fourth-order valence-corrected chi connectivity index (χ4v) is 12.9. The Morgan fingerprint density at radius 3 is 2.07 bits per heavy atom. The highest BCUT2D eigenvalue weighted by Gasteiger charge is 2.51. The molecule has 3 aromatic carbocycles. The Morgan fingerprint density at radius 2 is 1.50 bits per heavy atom. The van der Waals surface area contributed by atoms with Crippen LogP contribution in [0.5, 0.6) is 5.75 Å². The van der Waals surface area contributed by atoms with E-state index >= 15 is 0 Å². The molecular weight excluding hydrogens is 773 g/mol. The van der Waals surface area contributed by atoms with Crippen molar-refractivity contribution < 1.29 is 33.1 Å². The van der Waals surface area contributed by atoms with Gasteiger partial charge in [0.25, 0.3) is 8.32 Å². The number of unbranched alkanes of at least 4 members (excludes halogenated alkanes) is 1. The third-order valence-corrected chi connectivity index (χ3v) is 16.8. The van der Waals surface area contributed by atoms with Crippen molar-refractivity contribution in [2.24, 2.45) is 0 Å². The second-order valence-corrected chi connectivity index (χ2v) is 21.9. The predicted octanol–water partition coefficient (Wildman–Crippen LogP) is 5.54. The lowest BCUT2D eigenvalue weighted by atomic mass is 9.94. The zero-order chi connectivity index (χ0) is 43.7. The summed E-state index contributed by atoms with van der Waals surface area (Å²) in [7, 11) is -2.95. The lowest BCUT2D eigenvalue weighted by molar-refractivity contribution is -0.144. The number of ether oxygens (including phenoxy) is 1. The maximum Gasteiger partial charge on any atom is 0.262 e. The van der Waals surface area contributed by atoms with Gasteiger partial charge in [-0.15, -0.1) is 0 Å². The monoisotopic (exact) mass is 836 g/mol. The van der Waals surface area contributed by atoms with Crippen molar-refractivity contribution in [3.63, 3.8) is 0 Å². The standard InChI is InChI=1S/C48H64N4O7Si/c1-9-48(8)46(57)50-40(32-35-27-29-36(30-28-35)58-33(2)3)45(56)52-31-19-25-41(52)44(55)49-39(43(54)51-48)24-17-12-18-26-42(53)34(4)59-60(47(5,6)7,37-20-13-10-14-21-37)38-22-15-11-16-23-38/h10-11,13-16,18,20-23,26-30,33-34,39-41H,9,12,17,19,24-25,31-32H2,1-8H3,(H,49,55)(H,50,57)(H,51,54)/b26-18+/t34-,39+,40+,41-,48+/m1/s1. The van der Waals surface area contributed by atoms with Crippen molar-refractivity contribution in [3.8, 4) is 5.75 Å². The lowest BCUT2D eigenvalue weighted by Gasteiger charge is -2.44. The summed E-state index contributed by atoms with van der Waals surface area (Å²) < 4.78 is 12.8. The molecule has 0 aliphatic carbocycles. The summed E-state index contributed by atoms with van der Waals surface area (Å²) in [5.41, 5.74) is -0.540. The minimum Gasteiger partial charge on any atom is -0.491 e. The van der Waals surface area contributed by atoms with Crippen LogP contribution in [0.15, 0.2) is 97.1 Å². The summed E-state index contributed by atoms with van der Waals surface area (Å²) in [5.74, 6) is -1.16. The average molecular weight is 837 g/mol. The fourth-order valence-electron chi connectivity index (χ4n) is 8.22. The highest BCUT2D eigenvalue weighted by atomic mass is 28.4. The van der Waals surface area contributed by atoms with E-state index in [1.807, 2.05) is 74.5 Å². The van der Waals surface area contributed by atoms with Crippen molar-refractivity contribution in [2.75, 3.05) is 6.54 Å². The number of amides is 4. The third kappa shape index (κ3) is 10.8. The first-order valence-electron chi connectivity index (χ1n) is 21.5. The summed E-state index contributed by atoms with van der Waals surface area (Å²) >= 11 is 0. The van der Waals surface area contributed by atoms with Crippen LogP contribution in [0.25, 0.3) is 0 Å². The molecular formula is C48H64N4O7Si. The van der Waals surface area contributed by atoms with Crippen molar-refractivity contribution in [1.29, 1.82) is 0 Å². The number of fused-ring (bicyclic) bond motifs is 1. The summed E-state index contributed by atoms with van der Waals surface area (Å²) in [6.07, 6.45) is 5.32. The smallest absolute Gasteiger partial charge is 0.262 e. The van der Waals surface area contributed by atoms with E-state index in [1.54, 1.807) is 37.8 Å². The zero-order valence-corrected chi connectivity index (χ0v) is 37.6. The highest BCUT2D eigenvalue weighted by Crippen LogP contribution is 2.37. The number of carbonyl (C=O) groups excluding carboxylic acids is 5. The second-order valence-electron chi connectivity index (χ2n) is 17.6. The van der Waals surface area contributed by atoms with Crippen LogP contribution in [-0.4, -0.2) is 85.0 Å². The second kappa shape index (κ2) is 20.0. The number of benzene rings is 3. The summed E-state index contributed by atoms with van der Waals surface area (Å²) in [4.78, 5) is 71.2. The number of nitrogens with zero attached hydrogens (tertiary/aromatic N) is 1. The SMILES string of the molecule is CC[C@]1(C)NC(=O)[C@H](CCC/C=C/C(=O)[C@@H](C)O[Si](c2ccccc2)(c2ccccc2)C(C)(C)C)NC(=O)[C@H]2CCCN2C(=O)[C@H](Cc2ccc(OC(C)C)cc2)NC1=O. The van der Waals surface area contributed by atoms with Gasteiger partial charge in [0, 0.05) is 13.0 Å². The minimum absolute atomic E-state index is 0.00703. The molecule has 3 aromatic rings. The van der Waals surface area contributed by atoms with Crippen LogP contribution in [-0.2, 0) is 34.8 Å². The quantitative estimate of drug-likeness (QED) is 0.104. The van der Waals surface area contributed by atoms with E-state index in [0.29, 0.717) is 38.0 Å². The molecule has 4 amide bonds. The number of ketones is 1. The van der Waals surface area contributed by atoms with Crippen molar-refractivity contribution >= 4 is 48.1 Å². The Morgan fingerprint density at radius 1 is 0.883 bits per heavy atom. The number of rotatable bonds is 15. The van der Waals surface area contributed by atoms with Crippen LogP contribution in [0.1, 0.15) is 99.5 Å². The van der Waals surface area contributed by atoms with Gasteiger partial charge in [-0.2, -0.15) is 0 Å². The number of hydrogen-bond acceptors (Lipinski definition) is 7. The van der Waals surface area contributed by atoms with Gasteiger partial charge in [-0.3, -0.25) is 24.0 Å². The Kier molecular flexibility index (Phi) is 15.3. The van der Waals surface area contributed by atoms with Crippen molar-refractivity contribution in [2.45, 2.75) is 141 Å².